The van der Waals surface area contributed by atoms with Gasteiger partial charge >= 0.3 is 0 Å². The maximum atomic E-state index is 6.16. The number of nitrogens with one attached hydrogen (secondary N) is 1. The first kappa shape index (κ1) is 14.9. The molecule has 1 atom stereocenters. The first-order valence-corrected chi connectivity index (χ1v) is 7.87. The maximum Gasteiger partial charge on any atom is 0.0453 e. The Hall–Kier alpha value is -0.540. The summed E-state index contributed by atoms with van der Waals surface area (Å²) in [7, 11) is 0. The molecule has 0 saturated carbocycles. The molecule has 1 nitrogen and oxygen atoms in total. The molecule has 2 rings (SSSR count). The van der Waals surface area contributed by atoms with Gasteiger partial charge in [0.2, 0.25) is 0 Å². The molecule has 0 saturated heterocycles. The van der Waals surface area contributed by atoms with Crippen LogP contribution in [0, 0.1) is 6.92 Å². The van der Waals surface area contributed by atoms with E-state index in [0.29, 0.717) is 11.1 Å². The monoisotopic (exact) mass is 313 g/mol. The van der Waals surface area contributed by atoms with Gasteiger partial charge in [0.1, 0.15) is 0 Å². The maximum absolute atomic E-state index is 6.16. The van der Waals surface area contributed by atoms with E-state index in [-0.39, 0.29) is 0 Å². The third-order valence-corrected chi connectivity index (χ3v) is 4.82. The average molecular weight is 314 g/mol. The predicted molar refractivity (Wildman–Crippen MR) is 85.6 cm³/mol. The topological polar surface area (TPSA) is 12.0 Å². The number of halogens is 2. The van der Waals surface area contributed by atoms with Crippen molar-refractivity contribution in [2.75, 3.05) is 6.54 Å². The molecule has 4 heteroatoms. The summed E-state index contributed by atoms with van der Waals surface area (Å²) >= 11 is 13.9. The molecule has 0 aliphatic rings. The van der Waals surface area contributed by atoms with Crippen molar-refractivity contribution in [1.82, 2.24) is 5.32 Å². The Labute approximate surface area is 128 Å². The molecule has 0 aliphatic heterocycles. The normalized spacial score (nSPS) is 12.6. The minimum atomic E-state index is 0.379. The average Bonchev–Trinajstić information content (AvgIpc) is 2.78. The van der Waals surface area contributed by atoms with E-state index in [4.69, 9.17) is 23.2 Å². The van der Waals surface area contributed by atoms with Crippen LogP contribution in [0.4, 0.5) is 0 Å². The van der Waals surface area contributed by atoms with E-state index in [2.05, 4.69) is 31.3 Å². The third kappa shape index (κ3) is 4.22. The summed E-state index contributed by atoms with van der Waals surface area (Å²) in [5.41, 5.74) is 1.13. The van der Waals surface area contributed by atoms with Gasteiger partial charge in [-0.15, -0.1) is 11.3 Å². The van der Waals surface area contributed by atoms with Gasteiger partial charge in [0.05, 0.1) is 0 Å². The van der Waals surface area contributed by atoms with Crippen LogP contribution in [0.2, 0.25) is 10.0 Å². The van der Waals surface area contributed by atoms with E-state index in [9.17, 15) is 0 Å². The van der Waals surface area contributed by atoms with Crippen LogP contribution in [0.5, 0.6) is 0 Å². The summed E-state index contributed by atoms with van der Waals surface area (Å²) in [4.78, 5) is 2.73. The zero-order valence-electron chi connectivity index (χ0n) is 11.0. The van der Waals surface area contributed by atoms with E-state index in [1.165, 1.54) is 9.75 Å². The van der Waals surface area contributed by atoms with Crippen LogP contribution in [0.25, 0.3) is 0 Å². The summed E-state index contributed by atoms with van der Waals surface area (Å²) in [5.74, 6) is 0. The zero-order valence-corrected chi connectivity index (χ0v) is 13.4. The highest BCUT2D eigenvalue weighted by Crippen LogP contribution is 2.23. The first-order valence-electron chi connectivity index (χ1n) is 6.30. The number of thiophene rings is 1. The Balaban J connectivity index is 1.86. The lowest BCUT2D eigenvalue weighted by atomic mass is 10.1. The standard InChI is InChI=1S/C15H17Cl2NS/c1-10-3-6-15(19-10)11(2)18-8-7-12-4-5-13(16)9-14(12)17/h3-6,9,11,18H,7-8H2,1-2H3. The van der Waals surface area contributed by atoms with Gasteiger partial charge in [-0.2, -0.15) is 0 Å². The molecule has 1 aromatic heterocycles. The molecular weight excluding hydrogens is 297 g/mol. The highest BCUT2D eigenvalue weighted by atomic mass is 35.5. The Kier molecular flexibility index (Phi) is 5.28. The van der Waals surface area contributed by atoms with E-state index in [1.54, 1.807) is 6.07 Å². The molecule has 102 valence electrons. The van der Waals surface area contributed by atoms with Crippen LogP contribution >= 0.6 is 34.5 Å². The second-order valence-corrected chi connectivity index (χ2v) is 6.77. The summed E-state index contributed by atoms with van der Waals surface area (Å²) in [6.45, 7) is 5.22. The van der Waals surface area contributed by atoms with Crippen LogP contribution in [0.15, 0.2) is 30.3 Å². The summed E-state index contributed by atoms with van der Waals surface area (Å²) in [6.07, 6.45) is 0.907. The van der Waals surface area contributed by atoms with Crippen molar-refractivity contribution in [3.8, 4) is 0 Å². The second kappa shape index (κ2) is 6.76. The largest absolute Gasteiger partial charge is 0.309 e. The van der Waals surface area contributed by atoms with Crippen LogP contribution in [-0.2, 0) is 6.42 Å². The van der Waals surface area contributed by atoms with E-state index in [0.717, 1.165) is 23.6 Å². The number of rotatable bonds is 5. The van der Waals surface area contributed by atoms with Crippen molar-refractivity contribution >= 4 is 34.5 Å². The lowest BCUT2D eigenvalue weighted by molar-refractivity contribution is 0.585. The lowest BCUT2D eigenvalue weighted by Gasteiger charge is -2.12. The van der Waals surface area contributed by atoms with E-state index in [1.807, 2.05) is 23.5 Å². The number of benzene rings is 1. The molecule has 0 amide bonds. The van der Waals surface area contributed by atoms with Gasteiger partial charge in [-0.1, -0.05) is 29.3 Å². The molecule has 0 radical (unpaired) electrons. The Morgan fingerprint density at radius 1 is 1.21 bits per heavy atom. The second-order valence-electron chi connectivity index (χ2n) is 4.61. The number of aryl methyl sites for hydroxylation is 1. The van der Waals surface area contributed by atoms with Crippen LogP contribution in [0.3, 0.4) is 0 Å². The fraction of sp³-hybridized carbons (Fsp3) is 0.333. The van der Waals surface area contributed by atoms with Gasteiger partial charge in [-0.3, -0.25) is 0 Å². The highest BCUT2D eigenvalue weighted by molar-refractivity contribution is 7.12. The Bertz CT molecular complexity index is 551. The molecule has 1 heterocycles. The molecule has 19 heavy (non-hydrogen) atoms. The van der Waals surface area contributed by atoms with Crippen molar-refractivity contribution in [1.29, 1.82) is 0 Å². The van der Waals surface area contributed by atoms with Gasteiger partial charge in [-0.25, -0.2) is 0 Å². The minimum Gasteiger partial charge on any atom is -0.309 e. The fourth-order valence-corrected chi connectivity index (χ4v) is 3.34. The van der Waals surface area contributed by atoms with Crippen molar-refractivity contribution < 1.29 is 0 Å². The molecule has 0 aliphatic carbocycles. The molecule has 1 unspecified atom stereocenters. The van der Waals surface area contributed by atoms with Gasteiger partial charge in [-0.05, 0) is 56.6 Å². The fourth-order valence-electron chi connectivity index (χ4n) is 1.93. The zero-order chi connectivity index (χ0) is 13.8. The molecule has 1 N–H and O–H groups in total. The summed E-state index contributed by atoms with van der Waals surface area (Å²) < 4.78 is 0. The molecule has 0 fully saturated rings. The molecular formula is C15H17Cl2NS. The van der Waals surface area contributed by atoms with Crippen molar-refractivity contribution in [3.63, 3.8) is 0 Å². The van der Waals surface area contributed by atoms with Gasteiger partial charge < -0.3 is 5.32 Å². The number of hydrogen-bond donors (Lipinski definition) is 1. The predicted octanol–water partition coefficient (Wildman–Crippen LogP) is 5.26. The summed E-state index contributed by atoms with van der Waals surface area (Å²) in [5, 5.41) is 4.95. The van der Waals surface area contributed by atoms with Crippen LogP contribution in [0.1, 0.15) is 28.3 Å². The number of hydrogen-bond acceptors (Lipinski definition) is 2. The van der Waals surface area contributed by atoms with Crippen molar-refractivity contribution in [3.05, 3.63) is 55.7 Å². The molecule has 0 spiro atoms. The van der Waals surface area contributed by atoms with E-state index >= 15 is 0 Å². The SMILES string of the molecule is Cc1ccc(C(C)NCCc2ccc(Cl)cc2Cl)s1. The molecule has 2 aromatic rings. The van der Waals surface area contributed by atoms with Gasteiger partial charge in [0, 0.05) is 25.8 Å². The quantitative estimate of drug-likeness (QED) is 0.794. The van der Waals surface area contributed by atoms with Crippen molar-refractivity contribution in [2.45, 2.75) is 26.3 Å². The minimum absolute atomic E-state index is 0.379. The third-order valence-electron chi connectivity index (χ3n) is 3.05. The molecule has 1 aromatic carbocycles. The smallest absolute Gasteiger partial charge is 0.0453 e. The van der Waals surface area contributed by atoms with Crippen LogP contribution < -0.4 is 5.32 Å². The van der Waals surface area contributed by atoms with Crippen molar-refractivity contribution in [2.24, 2.45) is 0 Å². The molecule has 0 bridgehead atoms. The first-order chi connectivity index (χ1) is 9.06. The van der Waals surface area contributed by atoms with Gasteiger partial charge in [0.25, 0.3) is 0 Å². The van der Waals surface area contributed by atoms with Crippen LogP contribution in [-0.4, -0.2) is 6.54 Å². The van der Waals surface area contributed by atoms with Gasteiger partial charge in [0.15, 0.2) is 0 Å². The van der Waals surface area contributed by atoms with E-state index < -0.39 is 0 Å². The Morgan fingerprint density at radius 2 is 2.00 bits per heavy atom. The highest BCUT2D eigenvalue weighted by Gasteiger charge is 2.07. The lowest BCUT2D eigenvalue weighted by Crippen LogP contribution is -2.20. The summed E-state index contributed by atoms with van der Waals surface area (Å²) in [6, 6.07) is 10.4. The Morgan fingerprint density at radius 3 is 2.63 bits per heavy atom.